The SMILES string of the molecule is CO[C@H]1C[C@](c2cccc(-n3cc4c(C(F)(F)F)cc([C@@H](C)N5CCC[C@H](C)C5)cn4c3=O)c2)(c2nncn2C)C1. The van der Waals surface area contributed by atoms with Crippen LogP contribution in [0.2, 0.25) is 0 Å². The minimum absolute atomic E-state index is 0.0489. The van der Waals surface area contributed by atoms with Gasteiger partial charge in [0.25, 0.3) is 0 Å². The lowest BCUT2D eigenvalue weighted by molar-refractivity contribution is -0.136. The number of pyridine rings is 1. The molecule has 0 radical (unpaired) electrons. The van der Waals surface area contributed by atoms with Crippen molar-refractivity contribution in [2.24, 2.45) is 13.0 Å². The summed E-state index contributed by atoms with van der Waals surface area (Å²) >= 11 is 0. The van der Waals surface area contributed by atoms with Crippen LogP contribution in [-0.4, -0.2) is 54.9 Å². The smallest absolute Gasteiger partial charge is 0.381 e. The Morgan fingerprint density at radius 1 is 1.17 bits per heavy atom. The Hall–Kier alpha value is -3.44. The Morgan fingerprint density at radius 2 is 1.95 bits per heavy atom. The number of methoxy groups -OCH3 is 1. The van der Waals surface area contributed by atoms with E-state index in [1.54, 1.807) is 25.7 Å². The van der Waals surface area contributed by atoms with Crippen molar-refractivity contribution in [1.82, 2.24) is 28.6 Å². The number of rotatable bonds is 6. The van der Waals surface area contributed by atoms with E-state index in [0.29, 0.717) is 30.0 Å². The summed E-state index contributed by atoms with van der Waals surface area (Å²) in [6.07, 6.45) is 3.44. The molecule has 4 heterocycles. The van der Waals surface area contributed by atoms with E-state index in [2.05, 4.69) is 22.0 Å². The van der Waals surface area contributed by atoms with Crippen molar-refractivity contribution in [3.8, 4) is 5.69 Å². The van der Waals surface area contributed by atoms with Crippen molar-refractivity contribution in [3.05, 3.63) is 82.1 Å². The second-order valence-electron chi connectivity index (χ2n) is 11.8. The third-order valence-corrected chi connectivity index (χ3v) is 9.11. The fraction of sp³-hybridized carbons (Fsp3) is 0.500. The summed E-state index contributed by atoms with van der Waals surface area (Å²) in [5, 5.41) is 8.44. The molecule has 218 valence electrons. The van der Waals surface area contributed by atoms with Crippen molar-refractivity contribution in [3.63, 3.8) is 0 Å². The number of fused-ring (bicyclic) bond motifs is 1. The molecule has 1 saturated carbocycles. The van der Waals surface area contributed by atoms with E-state index < -0.39 is 22.8 Å². The van der Waals surface area contributed by atoms with Crippen LogP contribution in [0.3, 0.4) is 0 Å². The van der Waals surface area contributed by atoms with Gasteiger partial charge in [-0.05, 0) is 74.4 Å². The standard InChI is InChI=1S/C30H35F3N6O2/c1-19-7-6-10-37(15-19)20(2)21-11-25(30(31,32)33)26-17-38(28(40)39(26)16-21)23-9-5-8-22(12-23)29(13-24(14-29)41-4)27-35-34-18-36(27)3/h5,8-9,11-12,16-20,24H,6-7,10,13-15H2,1-4H3/t19-,20+,24-,29-/m0/s1. The first-order chi connectivity index (χ1) is 19.5. The fourth-order valence-electron chi connectivity index (χ4n) is 6.74. The number of aryl methyl sites for hydroxylation is 1. The molecule has 0 bridgehead atoms. The molecule has 2 fully saturated rings. The monoisotopic (exact) mass is 568 g/mol. The number of ether oxygens (including phenoxy) is 1. The minimum atomic E-state index is -4.62. The second kappa shape index (κ2) is 10.1. The predicted molar refractivity (Wildman–Crippen MR) is 148 cm³/mol. The molecular weight excluding hydrogens is 533 g/mol. The number of aromatic nitrogens is 5. The Bertz CT molecular complexity index is 1630. The van der Waals surface area contributed by atoms with E-state index >= 15 is 0 Å². The van der Waals surface area contributed by atoms with E-state index in [9.17, 15) is 18.0 Å². The number of benzene rings is 1. The maximum Gasteiger partial charge on any atom is 0.418 e. The zero-order chi connectivity index (χ0) is 29.1. The molecule has 1 aromatic carbocycles. The maximum absolute atomic E-state index is 14.4. The molecule has 41 heavy (non-hydrogen) atoms. The summed E-state index contributed by atoms with van der Waals surface area (Å²) in [4.78, 5) is 15.9. The van der Waals surface area contributed by atoms with Gasteiger partial charge in [-0.3, -0.25) is 13.9 Å². The number of halogens is 3. The molecule has 11 heteroatoms. The summed E-state index contributed by atoms with van der Waals surface area (Å²) in [6.45, 7) is 5.73. The van der Waals surface area contributed by atoms with Gasteiger partial charge in [0.1, 0.15) is 12.2 Å². The zero-order valence-corrected chi connectivity index (χ0v) is 23.7. The molecule has 0 N–H and O–H groups in total. The van der Waals surface area contributed by atoms with E-state index in [4.69, 9.17) is 4.74 Å². The Kier molecular flexibility index (Phi) is 6.85. The summed E-state index contributed by atoms with van der Waals surface area (Å²) in [5.41, 5.74) is -0.111. The quantitative estimate of drug-likeness (QED) is 0.323. The first-order valence-corrected chi connectivity index (χ1v) is 14.1. The van der Waals surface area contributed by atoms with Crippen LogP contribution in [-0.2, 0) is 23.4 Å². The number of nitrogens with zero attached hydrogens (tertiary/aromatic N) is 6. The largest absolute Gasteiger partial charge is 0.418 e. The molecule has 0 unspecified atom stereocenters. The fourth-order valence-corrected chi connectivity index (χ4v) is 6.74. The van der Waals surface area contributed by atoms with Crippen molar-refractivity contribution in [2.45, 2.75) is 63.3 Å². The van der Waals surface area contributed by atoms with Crippen molar-refractivity contribution >= 4 is 5.52 Å². The number of hydrogen-bond donors (Lipinski definition) is 0. The summed E-state index contributed by atoms with van der Waals surface area (Å²) in [7, 11) is 3.56. The van der Waals surface area contributed by atoms with Gasteiger partial charge in [0.15, 0.2) is 0 Å². The van der Waals surface area contributed by atoms with Crippen LogP contribution in [0.4, 0.5) is 13.2 Å². The van der Waals surface area contributed by atoms with Crippen molar-refractivity contribution < 1.29 is 17.9 Å². The van der Waals surface area contributed by atoms with Crippen LogP contribution in [0.1, 0.15) is 68.1 Å². The molecule has 1 aliphatic carbocycles. The van der Waals surface area contributed by atoms with Gasteiger partial charge in [0.05, 0.1) is 28.3 Å². The van der Waals surface area contributed by atoms with Gasteiger partial charge in [-0.2, -0.15) is 13.2 Å². The van der Waals surface area contributed by atoms with Gasteiger partial charge in [-0.1, -0.05) is 19.1 Å². The molecule has 0 amide bonds. The topological polar surface area (TPSA) is 69.6 Å². The lowest BCUT2D eigenvalue weighted by atomic mass is 9.62. The van der Waals surface area contributed by atoms with Crippen LogP contribution in [0.25, 0.3) is 11.2 Å². The third-order valence-electron chi connectivity index (χ3n) is 9.11. The number of alkyl halides is 3. The lowest BCUT2D eigenvalue weighted by Crippen LogP contribution is -2.48. The highest BCUT2D eigenvalue weighted by Gasteiger charge is 2.50. The highest BCUT2D eigenvalue weighted by molar-refractivity contribution is 5.58. The van der Waals surface area contributed by atoms with Gasteiger partial charge in [-0.15, -0.1) is 10.2 Å². The average Bonchev–Trinajstić information content (AvgIpc) is 3.50. The van der Waals surface area contributed by atoms with Gasteiger partial charge in [-0.25, -0.2) is 4.79 Å². The van der Waals surface area contributed by atoms with E-state index in [-0.39, 0.29) is 17.7 Å². The van der Waals surface area contributed by atoms with Gasteiger partial charge in [0, 0.05) is 39.1 Å². The van der Waals surface area contributed by atoms with Crippen molar-refractivity contribution in [2.75, 3.05) is 20.2 Å². The summed E-state index contributed by atoms with van der Waals surface area (Å²) in [5.74, 6) is 1.26. The Balaban J connectivity index is 1.45. The Morgan fingerprint density at radius 3 is 2.61 bits per heavy atom. The number of imidazole rings is 1. The normalized spacial score (nSPS) is 24.5. The highest BCUT2D eigenvalue weighted by Crippen LogP contribution is 2.49. The molecule has 3 aromatic heterocycles. The van der Waals surface area contributed by atoms with E-state index in [1.807, 2.05) is 36.7 Å². The lowest BCUT2D eigenvalue weighted by Gasteiger charge is -2.46. The van der Waals surface area contributed by atoms with E-state index in [1.165, 1.54) is 16.8 Å². The molecule has 1 aliphatic heterocycles. The molecule has 8 nitrogen and oxygen atoms in total. The van der Waals surface area contributed by atoms with E-state index in [0.717, 1.165) is 41.7 Å². The number of likely N-dealkylation sites (tertiary alicyclic amines) is 1. The summed E-state index contributed by atoms with van der Waals surface area (Å²) in [6, 6.07) is 8.36. The third kappa shape index (κ3) is 4.68. The number of hydrogen-bond acceptors (Lipinski definition) is 5. The second-order valence-corrected chi connectivity index (χ2v) is 11.8. The predicted octanol–water partition coefficient (Wildman–Crippen LogP) is 5.13. The van der Waals surface area contributed by atoms with Crippen molar-refractivity contribution in [1.29, 1.82) is 0 Å². The van der Waals surface area contributed by atoms with Crippen LogP contribution in [0.15, 0.2) is 53.8 Å². The molecule has 4 aromatic rings. The van der Waals surface area contributed by atoms with Crippen LogP contribution < -0.4 is 5.69 Å². The first kappa shape index (κ1) is 27.7. The van der Waals surface area contributed by atoms with Crippen LogP contribution in [0.5, 0.6) is 0 Å². The minimum Gasteiger partial charge on any atom is -0.381 e. The Labute approximate surface area is 236 Å². The molecule has 6 rings (SSSR count). The molecule has 2 aliphatic rings. The molecule has 2 atom stereocenters. The summed E-state index contributed by atoms with van der Waals surface area (Å²) < 4.78 is 53.1. The molecule has 0 spiro atoms. The average molecular weight is 569 g/mol. The first-order valence-electron chi connectivity index (χ1n) is 14.1. The number of piperidine rings is 1. The van der Waals surface area contributed by atoms with Gasteiger partial charge >= 0.3 is 11.9 Å². The molecular formula is C30H35F3N6O2. The maximum atomic E-state index is 14.4. The van der Waals surface area contributed by atoms with Gasteiger partial charge < -0.3 is 9.30 Å². The van der Waals surface area contributed by atoms with Crippen LogP contribution in [0, 0.1) is 5.92 Å². The van der Waals surface area contributed by atoms with Crippen LogP contribution >= 0.6 is 0 Å². The highest BCUT2D eigenvalue weighted by atomic mass is 19.4. The van der Waals surface area contributed by atoms with Gasteiger partial charge in [0.2, 0.25) is 0 Å². The zero-order valence-electron chi connectivity index (χ0n) is 23.7. The molecule has 1 saturated heterocycles.